The van der Waals surface area contributed by atoms with E-state index < -0.39 is 12.8 Å². The number of rotatable bonds is 1. The van der Waals surface area contributed by atoms with Gasteiger partial charge in [0, 0.05) is 8.27 Å². The molecule has 0 radical (unpaired) electrons. The Labute approximate surface area is 66.8 Å². The van der Waals surface area contributed by atoms with Crippen LogP contribution >= 0.6 is 0 Å². The summed E-state index contributed by atoms with van der Waals surface area (Å²) < 4.78 is 6.69. The third-order valence-electron chi connectivity index (χ3n) is 1.64. The molecule has 0 aliphatic carbocycles. The summed E-state index contributed by atoms with van der Waals surface area (Å²) in [6, 6.07) is -0.236. The van der Waals surface area contributed by atoms with Crippen molar-refractivity contribution in [2.24, 2.45) is 0 Å². The van der Waals surface area contributed by atoms with Crippen LogP contribution in [0.25, 0.3) is 0 Å². The van der Waals surface area contributed by atoms with E-state index in [9.17, 15) is 9.59 Å². The average Bonchev–Trinajstić information content (AvgIpc) is 2.56. The standard InChI is InChI=1S/C7H12N2O2/c1-5(10)9-7(11)6-3-2-4-8-6/h6,8H,2-4H2,1H3,(H,9,10,11)/t6-/m0/s1/i1D. The predicted molar refractivity (Wildman–Crippen MR) is 39.8 cm³/mol. The maximum absolute atomic E-state index is 11.1. The van der Waals surface area contributed by atoms with Gasteiger partial charge in [0.05, 0.1) is 6.04 Å². The van der Waals surface area contributed by atoms with E-state index >= 15 is 0 Å². The summed E-state index contributed by atoms with van der Waals surface area (Å²) in [6.07, 6.45) is 1.74. The Kier molecular flexibility index (Phi) is 2.15. The molecular weight excluding hydrogens is 144 g/mol. The lowest BCUT2D eigenvalue weighted by Gasteiger charge is -2.07. The van der Waals surface area contributed by atoms with Gasteiger partial charge in [0.15, 0.2) is 0 Å². The molecule has 4 heteroatoms. The zero-order chi connectivity index (χ0) is 8.97. The maximum Gasteiger partial charge on any atom is 0.243 e. The Morgan fingerprint density at radius 1 is 1.73 bits per heavy atom. The molecule has 0 aromatic rings. The first kappa shape index (κ1) is 6.79. The average molecular weight is 157 g/mol. The highest BCUT2D eigenvalue weighted by molar-refractivity contribution is 5.96. The molecule has 1 saturated heterocycles. The van der Waals surface area contributed by atoms with Crippen LogP contribution in [0.4, 0.5) is 0 Å². The summed E-state index contributed by atoms with van der Waals surface area (Å²) in [6.45, 7) is 0.436. The van der Waals surface area contributed by atoms with Crippen LogP contribution in [-0.2, 0) is 9.59 Å². The van der Waals surface area contributed by atoms with E-state index in [4.69, 9.17) is 1.37 Å². The van der Waals surface area contributed by atoms with Crippen LogP contribution in [0.2, 0.25) is 0 Å². The van der Waals surface area contributed by atoms with Crippen molar-refractivity contribution in [3.05, 3.63) is 0 Å². The molecule has 0 spiro atoms. The molecule has 62 valence electrons. The van der Waals surface area contributed by atoms with Gasteiger partial charge in [0.1, 0.15) is 0 Å². The molecule has 1 fully saturated rings. The van der Waals surface area contributed by atoms with Gasteiger partial charge in [-0.25, -0.2) is 0 Å². The Bertz CT molecular complexity index is 190. The minimum absolute atomic E-state index is 0.236. The summed E-state index contributed by atoms with van der Waals surface area (Å²) >= 11 is 0. The van der Waals surface area contributed by atoms with Crippen molar-refractivity contribution >= 4 is 11.8 Å². The number of imide groups is 1. The van der Waals surface area contributed by atoms with E-state index in [-0.39, 0.29) is 11.9 Å². The monoisotopic (exact) mass is 157 g/mol. The lowest BCUT2D eigenvalue weighted by atomic mass is 10.2. The van der Waals surface area contributed by atoms with E-state index in [1.807, 2.05) is 0 Å². The molecule has 0 aromatic carbocycles. The predicted octanol–water partition coefficient (Wildman–Crippen LogP) is -0.599. The van der Waals surface area contributed by atoms with Crippen molar-refractivity contribution < 1.29 is 11.0 Å². The van der Waals surface area contributed by atoms with E-state index in [1.54, 1.807) is 0 Å². The molecule has 0 aromatic heterocycles. The maximum atomic E-state index is 11.1. The zero-order valence-corrected chi connectivity index (χ0v) is 6.22. The fourth-order valence-corrected chi connectivity index (χ4v) is 1.13. The number of carbonyl (C=O) groups is 2. The number of carbonyl (C=O) groups excluding carboxylic acids is 2. The number of hydrogen-bond donors (Lipinski definition) is 2. The molecule has 1 rings (SSSR count). The summed E-state index contributed by atoms with van der Waals surface area (Å²) in [7, 11) is 0. The smallest absolute Gasteiger partial charge is 0.243 e. The van der Waals surface area contributed by atoms with Crippen LogP contribution in [0.1, 0.15) is 21.1 Å². The largest absolute Gasteiger partial charge is 0.306 e. The van der Waals surface area contributed by atoms with Gasteiger partial charge in [0.25, 0.3) is 0 Å². The van der Waals surface area contributed by atoms with E-state index in [0.717, 1.165) is 19.4 Å². The second-order valence-corrected chi connectivity index (χ2v) is 2.56. The van der Waals surface area contributed by atoms with Gasteiger partial charge in [-0.05, 0) is 19.4 Å². The molecule has 0 unspecified atom stereocenters. The fourth-order valence-electron chi connectivity index (χ4n) is 1.13. The van der Waals surface area contributed by atoms with Crippen LogP contribution in [0.5, 0.6) is 0 Å². The summed E-state index contributed by atoms with van der Waals surface area (Å²) in [5, 5.41) is 5.10. The molecule has 2 N–H and O–H groups in total. The third-order valence-corrected chi connectivity index (χ3v) is 1.64. The second-order valence-electron chi connectivity index (χ2n) is 2.56. The van der Waals surface area contributed by atoms with Gasteiger partial charge in [-0.2, -0.15) is 0 Å². The molecule has 1 aliphatic heterocycles. The third kappa shape index (κ3) is 2.31. The quantitative estimate of drug-likeness (QED) is 0.534. The SMILES string of the molecule is [2H]CC(=O)NC(=O)[C@@H]1CCCN1. The second kappa shape index (κ2) is 3.48. The van der Waals surface area contributed by atoms with E-state index in [0.29, 0.717) is 0 Å². The van der Waals surface area contributed by atoms with E-state index in [2.05, 4.69) is 10.6 Å². The van der Waals surface area contributed by atoms with Crippen molar-refractivity contribution in [3.8, 4) is 0 Å². The molecule has 1 atom stereocenters. The summed E-state index contributed by atoms with van der Waals surface area (Å²) in [5.41, 5.74) is 0. The van der Waals surface area contributed by atoms with Crippen molar-refractivity contribution in [1.29, 1.82) is 0 Å². The minimum atomic E-state index is -0.534. The first-order valence-electron chi connectivity index (χ1n) is 4.31. The molecule has 1 heterocycles. The minimum Gasteiger partial charge on any atom is -0.306 e. The van der Waals surface area contributed by atoms with Crippen LogP contribution in [0.15, 0.2) is 0 Å². The highest BCUT2D eigenvalue weighted by Crippen LogP contribution is 2.03. The molecule has 0 bridgehead atoms. The van der Waals surface area contributed by atoms with Crippen molar-refractivity contribution in [1.82, 2.24) is 10.6 Å². The van der Waals surface area contributed by atoms with Crippen molar-refractivity contribution in [2.45, 2.75) is 25.8 Å². The Balaban J connectivity index is 2.32. The Morgan fingerprint density at radius 3 is 3.09 bits per heavy atom. The topological polar surface area (TPSA) is 58.2 Å². The normalized spacial score (nSPS) is 24.4. The van der Waals surface area contributed by atoms with Crippen molar-refractivity contribution in [3.63, 3.8) is 0 Å². The lowest BCUT2D eigenvalue weighted by Crippen LogP contribution is -2.42. The Morgan fingerprint density at radius 2 is 2.55 bits per heavy atom. The lowest BCUT2D eigenvalue weighted by molar-refractivity contribution is -0.130. The zero-order valence-electron chi connectivity index (χ0n) is 7.22. The van der Waals surface area contributed by atoms with Gasteiger partial charge >= 0.3 is 0 Å². The van der Waals surface area contributed by atoms with Gasteiger partial charge in [-0.15, -0.1) is 0 Å². The fraction of sp³-hybridized carbons (Fsp3) is 0.714. The first-order valence-corrected chi connectivity index (χ1v) is 3.60. The van der Waals surface area contributed by atoms with Crippen LogP contribution in [-0.4, -0.2) is 24.4 Å². The molecular formula is C7H12N2O2. The Hall–Kier alpha value is -0.900. The van der Waals surface area contributed by atoms with Gasteiger partial charge in [-0.1, -0.05) is 0 Å². The molecule has 0 saturated carbocycles. The number of hydrogen-bond acceptors (Lipinski definition) is 3. The highest BCUT2D eigenvalue weighted by atomic mass is 16.2. The highest BCUT2D eigenvalue weighted by Gasteiger charge is 2.22. The van der Waals surface area contributed by atoms with Crippen molar-refractivity contribution in [2.75, 3.05) is 6.54 Å². The summed E-state index contributed by atoms with van der Waals surface area (Å²) in [4.78, 5) is 21.8. The van der Waals surface area contributed by atoms with Crippen LogP contribution in [0.3, 0.4) is 0 Å². The van der Waals surface area contributed by atoms with Gasteiger partial charge in [0.2, 0.25) is 11.8 Å². The van der Waals surface area contributed by atoms with Crippen LogP contribution < -0.4 is 10.6 Å². The number of nitrogens with one attached hydrogen (secondary N) is 2. The van der Waals surface area contributed by atoms with Gasteiger partial charge in [-0.3, -0.25) is 14.9 Å². The van der Waals surface area contributed by atoms with Gasteiger partial charge < -0.3 is 5.32 Å². The molecule has 2 amide bonds. The molecule has 1 aliphatic rings. The molecule has 11 heavy (non-hydrogen) atoms. The van der Waals surface area contributed by atoms with Crippen LogP contribution in [0, 0.1) is 0 Å². The molecule has 4 nitrogen and oxygen atoms in total. The van der Waals surface area contributed by atoms with E-state index in [1.165, 1.54) is 0 Å². The first-order chi connectivity index (χ1) is 5.74. The summed E-state index contributed by atoms with van der Waals surface area (Å²) in [5.74, 6) is -0.835. The number of amides is 2.